The van der Waals surface area contributed by atoms with Crippen molar-refractivity contribution in [3.63, 3.8) is 0 Å². The number of rotatable bonds is 5. The van der Waals surface area contributed by atoms with Crippen LogP contribution >= 0.6 is 0 Å². The Bertz CT molecular complexity index is 431. The summed E-state index contributed by atoms with van der Waals surface area (Å²) in [5, 5.41) is 21.8. The van der Waals surface area contributed by atoms with Gasteiger partial charge in [-0.2, -0.15) is 0 Å². The van der Waals surface area contributed by atoms with Crippen LogP contribution < -0.4 is 5.32 Å². The molecule has 0 radical (unpaired) electrons. The van der Waals surface area contributed by atoms with Gasteiger partial charge >= 0.3 is 0 Å². The summed E-state index contributed by atoms with van der Waals surface area (Å²) in [6, 6.07) is 4.38. The Balaban J connectivity index is 2.90. The standard InChI is InChI=1S/C11H14N2O4/c1-8-3-4-10(13(16)17)9(7-8)11(15)12-5-2-6-14/h3-4,7,14H,2,5-6H2,1H3,(H,12,15). The third-order valence-corrected chi connectivity index (χ3v) is 2.21. The minimum Gasteiger partial charge on any atom is -0.396 e. The molecule has 0 aliphatic rings. The molecule has 0 aromatic heterocycles. The van der Waals surface area contributed by atoms with Crippen molar-refractivity contribution in [2.75, 3.05) is 13.2 Å². The molecule has 92 valence electrons. The van der Waals surface area contributed by atoms with E-state index in [9.17, 15) is 14.9 Å². The molecule has 0 bridgehead atoms. The van der Waals surface area contributed by atoms with E-state index in [4.69, 9.17) is 5.11 Å². The van der Waals surface area contributed by atoms with Gasteiger partial charge < -0.3 is 10.4 Å². The van der Waals surface area contributed by atoms with Crippen LogP contribution in [0.25, 0.3) is 0 Å². The van der Waals surface area contributed by atoms with Gasteiger partial charge in [0.05, 0.1) is 4.92 Å². The molecule has 1 aromatic rings. The molecule has 6 heteroatoms. The molecule has 0 atom stereocenters. The molecule has 0 aliphatic heterocycles. The van der Waals surface area contributed by atoms with Crippen LogP contribution in [0.15, 0.2) is 18.2 Å². The van der Waals surface area contributed by atoms with Crippen LogP contribution in [-0.4, -0.2) is 29.1 Å². The van der Waals surface area contributed by atoms with Crippen LogP contribution in [0.4, 0.5) is 5.69 Å². The average Bonchev–Trinajstić information content (AvgIpc) is 2.28. The lowest BCUT2D eigenvalue weighted by Gasteiger charge is -2.05. The van der Waals surface area contributed by atoms with Gasteiger partial charge in [-0.1, -0.05) is 6.07 Å². The molecule has 1 amide bonds. The number of aliphatic hydroxyl groups is 1. The zero-order valence-corrected chi connectivity index (χ0v) is 9.47. The molecule has 0 heterocycles. The van der Waals surface area contributed by atoms with Crippen molar-refractivity contribution in [2.24, 2.45) is 0 Å². The van der Waals surface area contributed by atoms with Crippen LogP contribution in [0, 0.1) is 17.0 Å². The van der Waals surface area contributed by atoms with Crippen molar-refractivity contribution in [2.45, 2.75) is 13.3 Å². The molecular formula is C11H14N2O4. The van der Waals surface area contributed by atoms with E-state index in [0.717, 1.165) is 5.56 Å². The largest absolute Gasteiger partial charge is 0.396 e. The Labute approximate surface area is 98.4 Å². The fraction of sp³-hybridized carbons (Fsp3) is 0.364. The van der Waals surface area contributed by atoms with Gasteiger partial charge in [0, 0.05) is 19.2 Å². The summed E-state index contributed by atoms with van der Waals surface area (Å²) in [7, 11) is 0. The third-order valence-electron chi connectivity index (χ3n) is 2.21. The Morgan fingerprint density at radius 3 is 2.82 bits per heavy atom. The number of aliphatic hydroxyl groups excluding tert-OH is 1. The number of benzene rings is 1. The second-order valence-electron chi connectivity index (χ2n) is 3.61. The minimum atomic E-state index is -0.583. The first kappa shape index (κ1) is 13.1. The topological polar surface area (TPSA) is 92.5 Å². The van der Waals surface area contributed by atoms with E-state index >= 15 is 0 Å². The van der Waals surface area contributed by atoms with Gasteiger partial charge in [0.25, 0.3) is 11.6 Å². The molecule has 1 aromatic carbocycles. The Hall–Kier alpha value is -1.95. The number of amides is 1. The number of hydrogen-bond acceptors (Lipinski definition) is 4. The first-order valence-electron chi connectivity index (χ1n) is 5.20. The Morgan fingerprint density at radius 2 is 2.24 bits per heavy atom. The molecule has 17 heavy (non-hydrogen) atoms. The van der Waals surface area contributed by atoms with Gasteiger partial charge in [-0.3, -0.25) is 14.9 Å². The quantitative estimate of drug-likeness (QED) is 0.455. The number of nitro benzene ring substituents is 1. The Morgan fingerprint density at radius 1 is 1.53 bits per heavy atom. The molecule has 1 rings (SSSR count). The molecule has 6 nitrogen and oxygen atoms in total. The molecule has 0 fully saturated rings. The summed E-state index contributed by atoms with van der Waals surface area (Å²) in [5.41, 5.74) is 0.618. The lowest BCUT2D eigenvalue weighted by Crippen LogP contribution is -2.25. The van der Waals surface area contributed by atoms with Crippen molar-refractivity contribution in [1.82, 2.24) is 5.32 Å². The van der Waals surface area contributed by atoms with Crippen molar-refractivity contribution in [3.8, 4) is 0 Å². The number of nitrogens with one attached hydrogen (secondary N) is 1. The van der Waals surface area contributed by atoms with Gasteiger partial charge in [-0.25, -0.2) is 0 Å². The second kappa shape index (κ2) is 5.95. The van der Waals surface area contributed by atoms with E-state index in [-0.39, 0.29) is 17.9 Å². The number of hydrogen-bond donors (Lipinski definition) is 2. The summed E-state index contributed by atoms with van der Waals surface area (Å²) in [4.78, 5) is 21.9. The van der Waals surface area contributed by atoms with Crippen molar-refractivity contribution in [3.05, 3.63) is 39.4 Å². The van der Waals surface area contributed by atoms with E-state index < -0.39 is 10.8 Å². The summed E-state index contributed by atoms with van der Waals surface area (Å²) in [6.07, 6.45) is 0.422. The van der Waals surface area contributed by atoms with Crippen LogP contribution in [0.2, 0.25) is 0 Å². The zero-order chi connectivity index (χ0) is 12.8. The summed E-state index contributed by atoms with van der Waals surface area (Å²) >= 11 is 0. The number of aryl methyl sites for hydroxylation is 1. The first-order chi connectivity index (χ1) is 8.06. The van der Waals surface area contributed by atoms with Crippen molar-refractivity contribution < 1.29 is 14.8 Å². The highest BCUT2D eigenvalue weighted by Crippen LogP contribution is 2.19. The van der Waals surface area contributed by atoms with Gasteiger partial charge in [-0.15, -0.1) is 0 Å². The van der Waals surface area contributed by atoms with Crippen molar-refractivity contribution in [1.29, 1.82) is 0 Å². The number of carbonyl (C=O) groups is 1. The van der Waals surface area contributed by atoms with Crippen LogP contribution in [0.5, 0.6) is 0 Å². The predicted octanol–water partition coefficient (Wildman–Crippen LogP) is 1.02. The third kappa shape index (κ3) is 3.53. The monoisotopic (exact) mass is 238 g/mol. The van der Waals surface area contributed by atoms with E-state index in [0.29, 0.717) is 13.0 Å². The molecule has 2 N–H and O–H groups in total. The highest BCUT2D eigenvalue weighted by atomic mass is 16.6. The van der Waals surface area contributed by atoms with E-state index in [1.807, 2.05) is 0 Å². The van der Waals surface area contributed by atoms with Gasteiger partial charge in [-0.05, 0) is 25.0 Å². The minimum absolute atomic E-state index is 0.0316. The fourth-order valence-corrected chi connectivity index (χ4v) is 1.37. The van der Waals surface area contributed by atoms with Gasteiger partial charge in [0.1, 0.15) is 5.56 Å². The highest BCUT2D eigenvalue weighted by molar-refractivity contribution is 5.98. The lowest BCUT2D eigenvalue weighted by atomic mass is 10.1. The molecular weight excluding hydrogens is 224 g/mol. The van der Waals surface area contributed by atoms with Gasteiger partial charge in [0.2, 0.25) is 0 Å². The average molecular weight is 238 g/mol. The summed E-state index contributed by atoms with van der Waals surface area (Å²) < 4.78 is 0. The van der Waals surface area contributed by atoms with Crippen LogP contribution in [0.3, 0.4) is 0 Å². The van der Waals surface area contributed by atoms with E-state index in [1.165, 1.54) is 12.1 Å². The lowest BCUT2D eigenvalue weighted by molar-refractivity contribution is -0.385. The maximum atomic E-state index is 11.7. The molecule has 0 saturated carbocycles. The first-order valence-corrected chi connectivity index (χ1v) is 5.20. The SMILES string of the molecule is Cc1ccc([N+](=O)[O-])c(C(=O)NCCCO)c1. The molecule has 0 unspecified atom stereocenters. The smallest absolute Gasteiger partial charge is 0.282 e. The second-order valence-corrected chi connectivity index (χ2v) is 3.61. The summed E-state index contributed by atoms with van der Waals surface area (Å²) in [5.74, 6) is -0.492. The highest BCUT2D eigenvalue weighted by Gasteiger charge is 2.19. The molecule has 0 aliphatic carbocycles. The van der Waals surface area contributed by atoms with Gasteiger partial charge in [0.15, 0.2) is 0 Å². The van der Waals surface area contributed by atoms with Crippen molar-refractivity contribution >= 4 is 11.6 Å². The number of nitrogens with zero attached hydrogens (tertiary/aromatic N) is 1. The van der Waals surface area contributed by atoms with Crippen LogP contribution in [-0.2, 0) is 0 Å². The number of nitro groups is 1. The predicted molar refractivity (Wildman–Crippen MR) is 61.9 cm³/mol. The normalized spacial score (nSPS) is 10.0. The zero-order valence-electron chi connectivity index (χ0n) is 9.47. The van der Waals surface area contributed by atoms with E-state index in [1.54, 1.807) is 13.0 Å². The Kier molecular flexibility index (Phi) is 4.59. The van der Waals surface area contributed by atoms with Crippen LogP contribution in [0.1, 0.15) is 22.3 Å². The number of carbonyl (C=O) groups excluding carboxylic acids is 1. The molecule has 0 spiro atoms. The fourth-order valence-electron chi connectivity index (χ4n) is 1.37. The summed E-state index contributed by atoms with van der Waals surface area (Å²) in [6.45, 7) is 2.02. The maximum Gasteiger partial charge on any atom is 0.282 e. The maximum absolute atomic E-state index is 11.7. The molecule has 0 saturated heterocycles. The van der Waals surface area contributed by atoms with E-state index in [2.05, 4.69) is 5.32 Å².